The number of carbonyl (C=O) groups excluding carboxylic acids is 2. The van der Waals surface area contributed by atoms with Crippen molar-refractivity contribution in [2.24, 2.45) is 23.7 Å². The lowest BCUT2D eigenvalue weighted by Crippen LogP contribution is -2.56. The van der Waals surface area contributed by atoms with E-state index in [4.69, 9.17) is 9.47 Å². The summed E-state index contributed by atoms with van der Waals surface area (Å²) >= 11 is 0. The fourth-order valence-corrected chi connectivity index (χ4v) is 6.60. The molecule has 7 atom stereocenters. The molecule has 4 rings (SSSR count). The Balaban J connectivity index is 1.61. The van der Waals surface area contributed by atoms with Gasteiger partial charge in [-0.1, -0.05) is 59.2 Å². The van der Waals surface area contributed by atoms with E-state index < -0.39 is 24.2 Å². The third-order valence-electron chi connectivity index (χ3n) is 8.89. The molecule has 222 valence electrons. The molecule has 3 aliphatic rings. The third-order valence-corrected chi connectivity index (χ3v) is 8.89. The molecule has 7 unspecified atom stereocenters. The topological polar surface area (TPSA) is 108 Å². The fraction of sp³-hybridized carbons (Fsp3) is 0.688. The van der Waals surface area contributed by atoms with Crippen molar-refractivity contribution in [2.75, 3.05) is 26.3 Å². The largest absolute Gasteiger partial charge is 0.486 e. The summed E-state index contributed by atoms with van der Waals surface area (Å²) < 4.78 is 12.5. The number of aliphatic hydroxyl groups is 2. The van der Waals surface area contributed by atoms with Gasteiger partial charge in [0.2, 0.25) is 11.8 Å². The van der Waals surface area contributed by atoms with E-state index in [0.29, 0.717) is 41.5 Å². The van der Waals surface area contributed by atoms with Gasteiger partial charge in [0.1, 0.15) is 24.6 Å². The van der Waals surface area contributed by atoms with E-state index >= 15 is 0 Å². The maximum absolute atomic E-state index is 13.8. The lowest BCUT2D eigenvalue weighted by molar-refractivity contribution is -0.147. The Bertz CT molecular complexity index is 1060. The minimum atomic E-state index is -1.03. The summed E-state index contributed by atoms with van der Waals surface area (Å²) in [7, 11) is 0. The molecule has 3 N–H and O–H groups in total. The van der Waals surface area contributed by atoms with Gasteiger partial charge in [0.25, 0.3) is 0 Å². The van der Waals surface area contributed by atoms with Crippen molar-refractivity contribution in [3.63, 3.8) is 0 Å². The van der Waals surface area contributed by atoms with Crippen molar-refractivity contribution in [3.05, 3.63) is 41.5 Å². The Labute approximate surface area is 239 Å². The minimum Gasteiger partial charge on any atom is -0.486 e. The van der Waals surface area contributed by atoms with Crippen molar-refractivity contribution in [1.82, 2.24) is 10.2 Å². The van der Waals surface area contributed by atoms with E-state index in [0.717, 1.165) is 24.8 Å². The molecule has 1 aliphatic heterocycles. The molecular formula is C32H48N2O6. The van der Waals surface area contributed by atoms with E-state index in [1.54, 1.807) is 11.0 Å². The van der Waals surface area contributed by atoms with Crippen LogP contribution in [0.2, 0.25) is 0 Å². The summed E-state index contributed by atoms with van der Waals surface area (Å²) in [6.45, 7) is 11.2. The number of nitrogens with zero attached hydrogens (tertiary/aromatic N) is 1. The van der Waals surface area contributed by atoms with E-state index in [1.807, 2.05) is 24.3 Å². The minimum absolute atomic E-state index is 0.0309. The SMILES string of the molecule is CC(C)CCN(C(=O)COC1CC(C)CCC1C(C)C)C1C=C(C(=O)NCCO)C2c3ccccc3OC2C1O. The Kier molecular flexibility index (Phi) is 10.3. The average Bonchev–Trinajstić information content (AvgIpc) is 3.31. The van der Waals surface area contributed by atoms with Crippen molar-refractivity contribution in [1.29, 1.82) is 0 Å². The number of carbonyl (C=O) groups is 2. The van der Waals surface area contributed by atoms with Crippen molar-refractivity contribution >= 4 is 11.8 Å². The standard InChI is InChI=1S/C32H48N2O6/c1-19(2)12-14-34(28(36)18-39-27-16-21(5)10-11-22(27)20(3)4)25-17-24(32(38)33-13-15-35)29-23-8-6-7-9-26(23)40-31(29)30(25)37/h6-9,17,19-22,25,27,29-31,35,37H,10-16,18H2,1-5H3,(H,33,38). The van der Waals surface area contributed by atoms with Gasteiger partial charge < -0.3 is 29.9 Å². The van der Waals surface area contributed by atoms with Gasteiger partial charge in [0.15, 0.2) is 0 Å². The Morgan fingerprint density at radius 3 is 2.62 bits per heavy atom. The molecule has 0 bridgehead atoms. The number of benzene rings is 1. The summed E-state index contributed by atoms with van der Waals surface area (Å²) in [6, 6.07) is 6.75. The first-order valence-electron chi connectivity index (χ1n) is 15.1. The molecule has 8 nitrogen and oxygen atoms in total. The molecule has 1 aromatic rings. The molecule has 2 amide bonds. The second-order valence-electron chi connectivity index (χ2n) is 12.6. The number of fused-ring (bicyclic) bond motifs is 3. The number of aliphatic hydroxyl groups excluding tert-OH is 2. The summed E-state index contributed by atoms with van der Waals surface area (Å²) in [6.07, 6.45) is 4.01. The van der Waals surface area contributed by atoms with E-state index in [9.17, 15) is 19.8 Å². The van der Waals surface area contributed by atoms with Gasteiger partial charge >= 0.3 is 0 Å². The summed E-state index contributed by atoms with van der Waals surface area (Å²) in [5.74, 6) is 1.45. The van der Waals surface area contributed by atoms with Gasteiger partial charge in [-0.15, -0.1) is 0 Å². The van der Waals surface area contributed by atoms with Crippen molar-refractivity contribution in [2.45, 2.75) is 90.6 Å². The number of para-hydroxylation sites is 1. The number of rotatable bonds is 11. The summed E-state index contributed by atoms with van der Waals surface area (Å²) in [4.78, 5) is 28.9. The van der Waals surface area contributed by atoms with Gasteiger partial charge in [0, 0.05) is 24.2 Å². The molecular weight excluding hydrogens is 508 g/mol. The Morgan fingerprint density at radius 2 is 1.93 bits per heavy atom. The van der Waals surface area contributed by atoms with Crippen LogP contribution in [0.1, 0.15) is 71.8 Å². The number of amides is 2. The molecule has 40 heavy (non-hydrogen) atoms. The summed E-state index contributed by atoms with van der Waals surface area (Å²) in [5.41, 5.74) is 1.29. The van der Waals surface area contributed by atoms with Gasteiger partial charge in [0.05, 0.1) is 24.7 Å². The van der Waals surface area contributed by atoms with E-state index in [2.05, 4.69) is 39.9 Å². The normalized spacial score (nSPS) is 29.4. The first kappa shape index (κ1) is 30.5. The lowest BCUT2D eigenvalue weighted by atomic mass is 9.75. The number of hydrogen-bond acceptors (Lipinski definition) is 6. The highest BCUT2D eigenvalue weighted by atomic mass is 16.5. The predicted molar refractivity (Wildman–Crippen MR) is 154 cm³/mol. The predicted octanol–water partition coefficient (Wildman–Crippen LogP) is 3.66. The van der Waals surface area contributed by atoms with Gasteiger partial charge in [-0.25, -0.2) is 0 Å². The van der Waals surface area contributed by atoms with Crippen LogP contribution in [0, 0.1) is 23.7 Å². The van der Waals surface area contributed by atoms with Crippen LogP contribution in [-0.4, -0.2) is 77.6 Å². The quantitative estimate of drug-likeness (QED) is 0.384. The smallest absolute Gasteiger partial charge is 0.249 e. The van der Waals surface area contributed by atoms with Crippen LogP contribution in [0.25, 0.3) is 0 Å². The maximum Gasteiger partial charge on any atom is 0.249 e. The molecule has 0 spiro atoms. The van der Waals surface area contributed by atoms with Crippen molar-refractivity contribution < 1.29 is 29.3 Å². The molecule has 0 saturated heterocycles. The number of nitrogens with one attached hydrogen (secondary N) is 1. The average molecular weight is 557 g/mol. The molecule has 2 aliphatic carbocycles. The van der Waals surface area contributed by atoms with Gasteiger partial charge in [-0.3, -0.25) is 9.59 Å². The second kappa shape index (κ2) is 13.5. The number of ether oxygens (including phenoxy) is 2. The van der Waals surface area contributed by atoms with E-state index in [-0.39, 0.29) is 37.7 Å². The van der Waals surface area contributed by atoms with Gasteiger partial charge in [-0.2, -0.15) is 0 Å². The first-order valence-corrected chi connectivity index (χ1v) is 15.1. The fourth-order valence-electron chi connectivity index (χ4n) is 6.60. The maximum atomic E-state index is 13.8. The summed E-state index contributed by atoms with van der Waals surface area (Å²) in [5, 5.41) is 23.7. The first-order chi connectivity index (χ1) is 19.1. The van der Waals surface area contributed by atoms with Crippen LogP contribution >= 0.6 is 0 Å². The zero-order valence-corrected chi connectivity index (χ0v) is 24.7. The Morgan fingerprint density at radius 1 is 1.18 bits per heavy atom. The lowest BCUT2D eigenvalue weighted by Gasteiger charge is -2.41. The van der Waals surface area contributed by atoms with Crippen LogP contribution in [0.5, 0.6) is 5.75 Å². The molecule has 0 aromatic heterocycles. The van der Waals surface area contributed by atoms with Gasteiger partial charge in [-0.05, 0) is 55.1 Å². The number of hydrogen-bond donors (Lipinski definition) is 3. The Hall–Kier alpha value is -2.42. The zero-order valence-electron chi connectivity index (χ0n) is 24.7. The highest BCUT2D eigenvalue weighted by Gasteiger charge is 2.50. The second-order valence-corrected chi connectivity index (χ2v) is 12.6. The third kappa shape index (κ3) is 6.72. The van der Waals surface area contributed by atoms with Crippen LogP contribution in [0.3, 0.4) is 0 Å². The molecule has 0 radical (unpaired) electrons. The van der Waals surface area contributed by atoms with E-state index in [1.165, 1.54) is 6.42 Å². The monoisotopic (exact) mass is 556 g/mol. The molecule has 1 aromatic carbocycles. The van der Waals surface area contributed by atoms with Crippen LogP contribution in [0.4, 0.5) is 0 Å². The molecule has 8 heteroatoms. The highest BCUT2D eigenvalue weighted by Crippen LogP contribution is 2.47. The molecule has 1 fully saturated rings. The van der Waals surface area contributed by atoms with Crippen LogP contribution in [0.15, 0.2) is 35.9 Å². The zero-order chi connectivity index (χ0) is 29.0. The highest BCUT2D eigenvalue weighted by molar-refractivity contribution is 5.96. The molecule has 1 saturated carbocycles. The van der Waals surface area contributed by atoms with Crippen LogP contribution in [-0.2, 0) is 14.3 Å². The van der Waals surface area contributed by atoms with Crippen LogP contribution < -0.4 is 10.1 Å². The van der Waals surface area contributed by atoms with Crippen molar-refractivity contribution in [3.8, 4) is 5.75 Å². The molecule has 1 heterocycles.